The highest BCUT2D eigenvalue weighted by molar-refractivity contribution is 6.11. The molecule has 0 bridgehead atoms. The van der Waals surface area contributed by atoms with Crippen molar-refractivity contribution in [2.24, 2.45) is 0 Å². The second-order valence-corrected chi connectivity index (χ2v) is 1.99. The van der Waals surface area contributed by atoms with Gasteiger partial charge in [0.15, 0.2) is 12.3 Å². The van der Waals surface area contributed by atoms with Gasteiger partial charge >= 0.3 is 6.03 Å². The molecule has 5 nitrogen and oxygen atoms in total. The SMILES string of the molecule is CN1C(=O)NC(=O)C1C=O. The van der Waals surface area contributed by atoms with Crippen molar-refractivity contribution in [3.05, 3.63) is 0 Å². The first-order valence-corrected chi connectivity index (χ1v) is 2.69. The van der Waals surface area contributed by atoms with Crippen LogP contribution < -0.4 is 5.32 Å². The van der Waals surface area contributed by atoms with Crippen molar-refractivity contribution in [1.29, 1.82) is 0 Å². The fraction of sp³-hybridized carbons (Fsp3) is 0.400. The lowest BCUT2D eigenvalue weighted by Crippen LogP contribution is -2.32. The van der Waals surface area contributed by atoms with E-state index < -0.39 is 18.0 Å². The van der Waals surface area contributed by atoms with Crippen molar-refractivity contribution >= 4 is 18.2 Å². The third kappa shape index (κ3) is 0.754. The monoisotopic (exact) mass is 142 g/mol. The molecule has 1 rings (SSSR count). The first-order valence-electron chi connectivity index (χ1n) is 2.69. The van der Waals surface area contributed by atoms with Crippen molar-refractivity contribution in [2.75, 3.05) is 7.05 Å². The molecule has 0 saturated carbocycles. The number of aldehydes is 1. The van der Waals surface area contributed by atoms with Gasteiger partial charge in [-0.3, -0.25) is 10.1 Å². The predicted octanol–water partition coefficient (Wildman–Crippen LogP) is -1.26. The van der Waals surface area contributed by atoms with Gasteiger partial charge in [-0.1, -0.05) is 0 Å². The van der Waals surface area contributed by atoms with Gasteiger partial charge < -0.3 is 9.69 Å². The van der Waals surface area contributed by atoms with Crippen LogP contribution in [0, 0.1) is 0 Å². The summed E-state index contributed by atoms with van der Waals surface area (Å²) in [6.45, 7) is 0. The van der Waals surface area contributed by atoms with Gasteiger partial charge in [0, 0.05) is 7.05 Å². The summed E-state index contributed by atoms with van der Waals surface area (Å²) in [5.74, 6) is -0.553. The average Bonchev–Trinajstić information content (AvgIpc) is 2.09. The molecular formula is C5H6N2O3. The largest absolute Gasteiger partial charge is 0.324 e. The molecule has 1 N–H and O–H groups in total. The van der Waals surface area contributed by atoms with Crippen LogP contribution in [-0.2, 0) is 9.59 Å². The maximum absolute atomic E-state index is 10.6. The molecule has 1 aliphatic heterocycles. The highest BCUT2D eigenvalue weighted by Crippen LogP contribution is 2.01. The zero-order valence-electron chi connectivity index (χ0n) is 5.33. The van der Waals surface area contributed by atoms with E-state index in [-0.39, 0.29) is 0 Å². The molecule has 0 aromatic heterocycles. The first-order chi connectivity index (χ1) is 4.66. The molecule has 0 radical (unpaired) electrons. The second kappa shape index (κ2) is 2.09. The molecule has 0 aromatic rings. The standard InChI is InChI=1S/C5H6N2O3/c1-7-3(2-8)4(9)6-5(7)10/h2-3H,1H3,(H,6,9,10). The molecule has 10 heavy (non-hydrogen) atoms. The molecule has 1 heterocycles. The fourth-order valence-electron chi connectivity index (χ4n) is 0.723. The van der Waals surface area contributed by atoms with Gasteiger partial charge in [0.1, 0.15) is 0 Å². The molecule has 1 atom stereocenters. The Hall–Kier alpha value is -1.39. The lowest BCUT2D eigenvalue weighted by atomic mass is 10.3. The van der Waals surface area contributed by atoms with Gasteiger partial charge in [-0.05, 0) is 0 Å². The molecule has 1 aliphatic rings. The molecule has 1 unspecified atom stereocenters. The van der Waals surface area contributed by atoms with Crippen LogP contribution in [0.2, 0.25) is 0 Å². The smallest absolute Gasteiger partial charge is 0.309 e. The third-order valence-corrected chi connectivity index (χ3v) is 1.37. The Morgan fingerprint density at radius 1 is 1.60 bits per heavy atom. The first kappa shape index (κ1) is 6.73. The maximum atomic E-state index is 10.6. The molecule has 54 valence electrons. The van der Waals surface area contributed by atoms with Crippen LogP contribution in [0.15, 0.2) is 0 Å². The van der Waals surface area contributed by atoms with Crippen LogP contribution in [0.5, 0.6) is 0 Å². The van der Waals surface area contributed by atoms with E-state index in [1.54, 1.807) is 0 Å². The van der Waals surface area contributed by atoms with E-state index in [2.05, 4.69) is 0 Å². The van der Waals surface area contributed by atoms with Crippen molar-refractivity contribution in [1.82, 2.24) is 10.2 Å². The second-order valence-electron chi connectivity index (χ2n) is 1.99. The van der Waals surface area contributed by atoms with Gasteiger partial charge in [0.25, 0.3) is 5.91 Å². The topological polar surface area (TPSA) is 66.5 Å². The summed E-state index contributed by atoms with van der Waals surface area (Å²) in [6, 6.07) is -1.46. The molecule has 1 saturated heterocycles. The highest BCUT2D eigenvalue weighted by Gasteiger charge is 2.34. The summed E-state index contributed by atoms with van der Waals surface area (Å²) in [5, 5.41) is 1.98. The molecule has 1 fully saturated rings. The minimum atomic E-state index is -0.938. The lowest BCUT2D eigenvalue weighted by molar-refractivity contribution is -0.125. The summed E-state index contributed by atoms with van der Waals surface area (Å²) in [6.07, 6.45) is 0.431. The van der Waals surface area contributed by atoms with Crippen molar-refractivity contribution in [2.45, 2.75) is 6.04 Å². The Balaban J connectivity index is 2.83. The number of carbonyl (C=O) groups is 3. The number of amides is 3. The van der Waals surface area contributed by atoms with Crippen molar-refractivity contribution in [3.63, 3.8) is 0 Å². The van der Waals surface area contributed by atoms with Gasteiger partial charge in [0.05, 0.1) is 0 Å². The van der Waals surface area contributed by atoms with Crippen LogP contribution in [0.4, 0.5) is 4.79 Å². The number of likely N-dealkylation sites (N-methyl/N-ethyl adjacent to an activating group) is 1. The van der Waals surface area contributed by atoms with Crippen molar-refractivity contribution in [3.8, 4) is 0 Å². The molecule has 0 spiro atoms. The number of nitrogens with zero attached hydrogens (tertiary/aromatic N) is 1. The minimum Gasteiger partial charge on any atom is -0.309 e. The number of nitrogens with one attached hydrogen (secondary N) is 1. The average molecular weight is 142 g/mol. The molecule has 0 aliphatic carbocycles. The normalized spacial score (nSPS) is 24.9. The highest BCUT2D eigenvalue weighted by atomic mass is 16.2. The number of hydrogen-bond donors (Lipinski definition) is 1. The number of imide groups is 1. The van der Waals surface area contributed by atoms with Crippen LogP contribution in [0.3, 0.4) is 0 Å². The molecule has 0 aromatic carbocycles. The van der Waals surface area contributed by atoms with E-state index in [0.717, 1.165) is 4.90 Å². The fourth-order valence-corrected chi connectivity index (χ4v) is 0.723. The summed E-state index contributed by atoms with van der Waals surface area (Å²) < 4.78 is 0. The maximum Gasteiger partial charge on any atom is 0.324 e. The van der Waals surface area contributed by atoms with Gasteiger partial charge in [-0.15, -0.1) is 0 Å². The summed E-state index contributed by atoms with van der Waals surface area (Å²) >= 11 is 0. The number of hydrogen-bond acceptors (Lipinski definition) is 3. The van der Waals surface area contributed by atoms with E-state index in [4.69, 9.17) is 0 Å². The Morgan fingerprint density at radius 3 is 2.40 bits per heavy atom. The number of rotatable bonds is 1. The van der Waals surface area contributed by atoms with Gasteiger partial charge in [-0.2, -0.15) is 0 Å². The van der Waals surface area contributed by atoms with E-state index >= 15 is 0 Å². The van der Waals surface area contributed by atoms with E-state index in [1.807, 2.05) is 5.32 Å². The quantitative estimate of drug-likeness (QED) is 0.282. The van der Waals surface area contributed by atoms with Gasteiger partial charge in [0.2, 0.25) is 0 Å². The van der Waals surface area contributed by atoms with E-state index in [0.29, 0.717) is 6.29 Å². The van der Waals surface area contributed by atoms with E-state index in [1.165, 1.54) is 7.05 Å². The molecule has 5 heteroatoms. The third-order valence-electron chi connectivity index (χ3n) is 1.37. The van der Waals surface area contributed by atoms with Crippen LogP contribution in [0.25, 0.3) is 0 Å². The van der Waals surface area contributed by atoms with Crippen LogP contribution in [-0.4, -0.2) is 36.2 Å². The Morgan fingerprint density at radius 2 is 2.20 bits per heavy atom. The van der Waals surface area contributed by atoms with Crippen LogP contribution >= 0.6 is 0 Å². The van der Waals surface area contributed by atoms with E-state index in [9.17, 15) is 14.4 Å². The molecular weight excluding hydrogens is 136 g/mol. The molecule has 3 amide bonds. The Kier molecular flexibility index (Phi) is 1.41. The zero-order valence-corrected chi connectivity index (χ0v) is 5.33. The van der Waals surface area contributed by atoms with Crippen LogP contribution in [0.1, 0.15) is 0 Å². The zero-order chi connectivity index (χ0) is 7.72. The lowest BCUT2D eigenvalue weighted by Gasteiger charge is -2.07. The summed E-state index contributed by atoms with van der Waals surface area (Å²) in [5.41, 5.74) is 0. The predicted molar refractivity (Wildman–Crippen MR) is 31.2 cm³/mol. The van der Waals surface area contributed by atoms with Crippen molar-refractivity contribution < 1.29 is 14.4 Å². The number of carbonyl (C=O) groups excluding carboxylic acids is 3. The summed E-state index contributed by atoms with van der Waals surface area (Å²) in [4.78, 5) is 32.4. The minimum absolute atomic E-state index is 0.431. The van der Waals surface area contributed by atoms with Gasteiger partial charge in [-0.25, -0.2) is 4.79 Å². The summed E-state index contributed by atoms with van der Waals surface area (Å²) in [7, 11) is 1.39. The number of urea groups is 1. The Labute approximate surface area is 57.0 Å². The Bertz CT molecular complexity index is 201.